The summed E-state index contributed by atoms with van der Waals surface area (Å²) in [6.07, 6.45) is 9.09. The molecule has 0 aliphatic heterocycles. The van der Waals surface area contributed by atoms with Gasteiger partial charge < -0.3 is 9.94 Å². The maximum atomic E-state index is 11.4. The molecule has 0 bridgehead atoms. The molecule has 4 aromatic rings. The molecule has 0 radical (unpaired) electrons. The molecule has 0 saturated heterocycles. The van der Waals surface area contributed by atoms with Crippen molar-refractivity contribution in [2.75, 3.05) is 6.61 Å². The average molecular weight is 415 g/mol. The van der Waals surface area contributed by atoms with Crippen LogP contribution in [0.25, 0.3) is 22.4 Å². The molecule has 6 heteroatoms. The van der Waals surface area contributed by atoms with E-state index in [1.54, 1.807) is 6.07 Å². The average Bonchev–Trinajstić information content (AvgIpc) is 3.28. The molecule has 2 heterocycles. The van der Waals surface area contributed by atoms with Crippen LogP contribution in [0.5, 0.6) is 5.75 Å². The highest BCUT2D eigenvalue weighted by atomic mass is 16.5. The molecule has 158 valence electrons. The van der Waals surface area contributed by atoms with Gasteiger partial charge in [-0.1, -0.05) is 60.2 Å². The number of hydrogen-bond donors (Lipinski definition) is 0. The first-order chi connectivity index (χ1) is 15.3. The Bertz CT molecular complexity index is 1100. The standard InChI is InChI=1S/C25H26N4O2/c30-29-17-10-13-22(19-29)24-20-28(27-26-24)16-8-1-2-9-18-31-25-15-7-6-14-23(25)21-11-4-3-5-12-21/h3-7,10-15,17,19-20H,1-2,8-9,16,18H2. The molecule has 2 aromatic heterocycles. The van der Waals surface area contributed by atoms with Gasteiger partial charge in [0.15, 0.2) is 12.4 Å². The largest absolute Gasteiger partial charge is 0.619 e. The maximum Gasteiger partial charge on any atom is 0.189 e. The second kappa shape index (κ2) is 10.4. The van der Waals surface area contributed by atoms with Crippen LogP contribution in [-0.2, 0) is 6.54 Å². The van der Waals surface area contributed by atoms with Crippen molar-refractivity contribution in [1.29, 1.82) is 0 Å². The Hall–Kier alpha value is -3.67. The first-order valence-electron chi connectivity index (χ1n) is 10.7. The number of aryl methyl sites for hydroxylation is 1. The van der Waals surface area contributed by atoms with Gasteiger partial charge in [-0.25, -0.2) is 0 Å². The zero-order valence-corrected chi connectivity index (χ0v) is 17.4. The third kappa shape index (κ3) is 5.69. The van der Waals surface area contributed by atoms with Crippen molar-refractivity contribution in [2.24, 2.45) is 0 Å². The predicted molar refractivity (Wildman–Crippen MR) is 120 cm³/mol. The normalized spacial score (nSPS) is 10.8. The second-order valence-corrected chi connectivity index (χ2v) is 7.44. The van der Waals surface area contributed by atoms with Crippen LogP contribution in [0.4, 0.5) is 0 Å². The molecule has 0 amide bonds. The molecular weight excluding hydrogens is 388 g/mol. The number of unbranched alkanes of at least 4 members (excludes halogenated alkanes) is 3. The van der Waals surface area contributed by atoms with Gasteiger partial charge >= 0.3 is 0 Å². The number of hydrogen-bond acceptors (Lipinski definition) is 4. The number of benzene rings is 2. The van der Waals surface area contributed by atoms with E-state index < -0.39 is 0 Å². The lowest BCUT2D eigenvalue weighted by Crippen LogP contribution is -2.23. The zero-order chi connectivity index (χ0) is 21.3. The fraction of sp³-hybridized carbons (Fsp3) is 0.240. The smallest absolute Gasteiger partial charge is 0.189 e. The third-order valence-electron chi connectivity index (χ3n) is 5.12. The lowest BCUT2D eigenvalue weighted by molar-refractivity contribution is -0.604. The van der Waals surface area contributed by atoms with Crippen molar-refractivity contribution >= 4 is 0 Å². The Morgan fingerprint density at radius 2 is 1.61 bits per heavy atom. The molecule has 6 nitrogen and oxygen atoms in total. The summed E-state index contributed by atoms with van der Waals surface area (Å²) in [5.41, 5.74) is 3.80. The van der Waals surface area contributed by atoms with Crippen LogP contribution >= 0.6 is 0 Å². The van der Waals surface area contributed by atoms with E-state index in [9.17, 15) is 5.21 Å². The highest BCUT2D eigenvalue weighted by Gasteiger charge is 2.07. The van der Waals surface area contributed by atoms with E-state index in [0.29, 0.717) is 6.61 Å². The second-order valence-electron chi connectivity index (χ2n) is 7.44. The minimum absolute atomic E-state index is 0.709. The summed E-state index contributed by atoms with van der Waals surface area (Å²) in [4.78, 5) is 0. The van der Waals surface area contributed by atoms with Gasteiger partial charge in [0, 0.05) is 18.2 Å². The van der Waals surface area contributed by atoms with Crippen LogP contribution in [0.15, 0.2) is 85.3 Å². The Kier molecular flexibility index (Phi) is 6.90. The first-order valence-corrected chi connectivity index (χ1v) is 10.7. The Balaban J connectivity index is 1.18. The van der Waals surface area contributed by atoms with Crippen LogP contribution in [0.2, 0.25) is 0 Å². The van der Waals surface area contributed by atoms with Crippen LogP contribution < -0.4 is 9.47 Å². The molecule has 0 atom stereocenters. The van der Waals surface area contributed by atoms with Gasteiger partial charge in [0.05, 0.1) is 18.4 Å². The summed E-state index contributed by atoms with van der Waals surface area (Å²) in [6.45, 7) is 1.52. The lowest BCUT2D eigenvalue weighted by Gasteiger charge is -2.11. The van der Waals surface area contributed by atoms with E-state index in [2.05, 4.69) is 28.5 Å². The topological polar surface area (TPSA) is 66.9 Å². The number of rotatable bonds is 10. The van der Waals surface area contributed by atoms with Gasteiger partial charge in [0.25, 0.3) is 0 Å². The molecular formula is C25H26N4O2. The highest BCUT2D eigenvalue weighted by molar-refractivity contribution is 5.70. The Labute approximate surface area is 182 Å². The molecule has 31 heavy (non-hydrogen) atoms. The molecule has 0 unspecified atom stereocenters. The van der Waals surface area contributed by atoms with Gasteiger partial charge in [-0.2, -0.15) is 4.73 Å². The summed E-state index contributed by atoms with van der Waals surface area (Å²) in [7, 11) is 0. The minimum Gasteiger partial charge on any atom is -0.619 e. The fourth-order valence-corrected chi connectivity index (χ4v) is 3.51. The first kappa shape index (κ1) is 20.6. The molecule has 0 aliphatic carbocycles. The Morgan fingerprint density at radius 1 is 0.839 bits per heavy atom. The molecule has 0 spiro atoms. The van der Waals surface area contributed by atoms with E-state index >= 15 is 0 Å². The number of nitrogens with zero attached hydrogens (tertiary/aromatic N) is 4. The molecule has 0 N–H and O–H groups in total. The van der Waals surface area contributed by atoms with Gasteiger partial charge in [-0.05, 0) is 37.0 Å². The minimum atomic E-state index is 0.709. The number of aromatic nitrogens is 4. The van der Waals surface area contributed by atoms with Crippen molar-refractivity contribution < 1.29 is 9.47 Å². The maximum absolute atomic E-state index is 11.4. The van der Waals surface area contributed by atoms with Crippen LogP contribution in [0, 0.1) is 5.21 Å². The number of para-hydroxylation sites is 1. The van der Waals surface area contributed by atoms with Gasteiger partial charge in [0.1, 0.15) is 11.4 Å². The quantitative estimate of drug-likeness (QED) is 0.211. The molecule has 0 aliphatic rings. The fourth-order valence-electron chi connectivity index (χ4n) is 3.51. The third-order valence-corrected chi connectivity index (χ3v) is 5.12. The van der Waals surface area contributed by atoms with Crippen molar-refractivity contribution in [3.05, 3.63) is 90.5 Å². The monoisotopic (exact) mass is 414 g/mol. The van der Waals surface area contributed by atoms with E-state index in [0.717, 1.165) is 59.5 Å². The SMILES string of the molecule is [O-][n+]1cccc(-c2cn(CCCCCCOc3ccccc3-c3ccccc3)nn2)c1. The van der Waals surface area contributed by atoms with Gasteiger partial charge in [-0.15, -0.1) is 5.10 Å². The highest BCUT2D eigenvalue weighted by Crippen LogP contribution is 2.29. The summed E-state index contributed by atoms with van der Waals surface area (Å²) >= 11 is 0. The van der Waals surface area contributed by atoms with E-state index in [1.807, 2.05) is 53.3 Å². The summed E-state index contributed by atoms with van der Waals surface area (Å²) in [6, 6.07) is 22.1. The predicted octanol–water partition coefficient (Wildman–Crippen LogP) is 4.88. The van der Waals surface area contributed by atoms with Gasteiger partial charge in [0.2, 0.25) is 0 Å². The number of ether oxygens (including phenoxy) is 1. The van der Waals surface area contributed by atoms with Crippen molar-refractivity contribution in [3.8, 4) is 28.1 Å². The summed E-state index contributed by atoms with van der Waals surface area (Å²) in [5, 5.41) is 19.7. The van der Waals surface area contributed by atoms with E-state index in [4.69, 9.17) is 4.74 Å². The van der Waals surface area contributed by atoms with Crippen LogP contribution in [-0.4, -0.2) is 21.6 Å². The molecule has 2 aromatic carbocycles. The summed E-state index contributed by atoms with van der Waals surface area (Å²) < 4.78 is 8.67. The number of pyridine rings is 1. The van der Waals surface area contributed by atoms with Crippen LogP contribution in [0.3, 0.4) is 0 Å². The Morgan fingerprint density at radius 3 is 2.48 bits per heavy atom. The van der Waals surface area contributed by atoms with Crippen molar-refractivity contribution in [3.63, 3.8) is 0 Å². The van der Waals surface area contributed by atoms with Crippen LogP contribution in [0.1, 0.15) is 25.7 Å². The molecule has 4 rings (SSSR count). The molecule has 0 saturated carbocycles. The molecule has 0 fully saturated rings. The zero-order valence-electron chi connectivity index (χ0n) is 17.4. The van der Waals surface area contributed by atoms with Crippen molar-refractivity contribution in [1.82, 2.24) is 15.0 Å². The summed E-state index contributed by atoms with van der Waals surface area (Å²) in [5.74, 6) is 0.934. The van der Waals surface area contributed by atoms with Crippen molar-refractivity contribution in [2.45, 2.75) is 32.2 Å². The van der Waals surface area contributed by atoms with Gasteiger partial charge in [-0.3, -0.25) is 4.68 Å². The lowest BCUT2D eigenvalue weighted by atomic mass is 10.1. The van der Waals surface area contributed by atoms with E-state index in [1.165, 1.54) is 18.0 Å². The van der Waals surface area contributed by atoms with E-state index in [-0.39, 0.29) is 0 Å².